The number of para-hydroxylation sites is 1. The fourth-order valence-electron chi connectivity index (χ4n) is 2.79. The third-order valence-corrected chi connectivity index (χ3v) is 3.97. The second kappa shape index (κ2) is 6.59. The molecular weight excluding hydrogens is 308 g/mol. The van der Waals surface area contributed by atoms with Crippen LogP contribution >= 0.6 is 0 Å². The Morgan fingerprint density at radius 1 is 1.35 bits per heavy atom. The van der Waals surface area contributed by atoms with Crippen molar-refractivity contribution in [2.45, 2.75) is 18.5 Å². The van der Waals surface area contributed by atoms with Crippen molar-refractivity contribution in [3.8, 4) is 0 Å². The quantitative estimate of drug-likeness (QED) is 0.831. The minimum atomic E-state index is -0.798. The van der Waals surface area contributed by atoms with Crippen LogP contribution in [0.3, 0.4) is 0 Å². The molecule has 0 radical (unpaired) electrons. The van der Waals surface area contributed by atoms with Crippen LogP contribution in [0.1, 0.15) is 6.42 Å². The summed E-state index contributed by atoms with van der Waals surface area (Å²) in [4.78, 5) is 25.5. The van der Waals surface area contributed by atoms with Crippen molar-refractivity contribution in [1.29, 1.82) is 0 Å². The first-order valence-corrected chi connectivity index (χ1v) is 7.45. The molecule has 23 heavy (non-hydrogen) atoms. The Balaban J connectivity index is 1.68. The molecule has 3 rings (SSSR count). The number of ether oxygens (including phenoxy) is 1. The fourth-order valence-corrected chi connectivity index (χ4v) is 2.79. The van der Waals surface area contributed by atoms with Gasteiger partial charge in [-0.25, -0.2) is 8.78 Å². The van der Waals surface area contributed by atoms with Gasteiger partial charge in [0.2, 0.25) is 11.8 Å². The van der Waals surface area contributed by atoms with Crippen LogP contribution < -0.4 is 15.5 Å². The maximum Gasteiger partial charge on any atom is 0.249 e. The summed E-state index contributed by atoms with van der Waals surface area (Å²) >= 11 is 0. The summed E-state index contributed by atoms with van der Waals surface area (Å²) in [6.45, 7) is 1.48. The van der Waals surface area contributed by atoms with E-state index in [0.29, 0.717) is 19.6 Å². The summed E-state index contributed by atoms with van der Waals surface area (Å²) in [7, 11) is 0. The van der Waals surface area contributed by atoms with Gasteiger partial charge in [-0.05, 0) is 18.6 Å². The summed E-state index contributed by atoms with van der Waals surface area (Å²) in [6, 6.07) is 2.13. The smallest absolute Gasteiger partial charge is 0.249 e. The van der Waals surface area contributed by atoms with Crippen molar-refractivity contribution in [3.63, 3.8) is 0 Å². The molecule has 2 saturated heterocycles. The minimum Gasteiger partial charge on any atom is -0.378 e. The van der Waals surface area contributed by atoms with E-state index in [1.807, 2.05) is 0 Å². The molecule has 2 fully saturated rings. The van der Waals surface area contributed by atoms with E-state index >= 15 is 0 Å². The predicted octanol–water partition coefficient (Wildman–Crippen LogP) is 0.175. The molecule has 0 aliphatic carbocycles. The van der Waals surface area contributed by atoms with Crippen molar-refractivity contribution >= 4 is 17.5 Å². The summed E-state index contributed by atoms with van der Waals surface area (Å²) in [5.41, 5.74) is -0.367. The number of morpholine rings is 1. The zero-order chi connectivity index (χ0) is 16.4. The van der Waals surface area contributed by atoms with E-state index in [0.717, 1.165) is 17.0 Å². The molecular formula is C15H17F2N3O3. The molecule has 1 aromatic rings. The number of carbonyl (C=O) groups excluding carboxylic acids is 2. The van der Waals surface area contributed by atoms with E-state index in [1.165, 1.54) is 6.07 Å². The highest BCUT2D eigenvalue weighted by molar-refractivity contribution is 6.01. The third-order valence-electron chi connectivity index (χ3n) is 3.97. The number of hydrogen-bond donors (Lipinski definition) is 2. The lowest BCUT2D eigenvalue weighted by molar-refractivity contribution is -0.129. The van der Waals surface area contributed by atoms with Gasteiger partial charge in [-0.15, -0.1) is 0 Å². The van der Waals surface area contributed by atoms with Crippen molar-refractivity contribution in [1.82, 2.24) is 10.6 Å². The number of nitrogens with one attached hydrogen (secondary N) is 2. The second-order valence-corrected chi connectivity index (χ2v) is 5.49. The number of benzene rings is 1. The summed E-state index contributed by atoms with van der Waals surface area (Å²) in [5, 5.41) is 5.61. The highest BCUT2D eigenvalue weighted by Gasteiger charge is 2.37. The molecule has 2 heterocycles. The van der Waals surface area contributed by atoms with Crippen LogP contribution in [-0.2, 0) is 14.3 Å². The second-order valence-electron chi connectivity index (χ2n) is 5.49. The lowest BCUT2D eigenvalue weighted by atomic mass is 10.2. The normalized spacial score (nSPS) is 24.8. The molecule has 0 aromatic heterocycles. The average Bonchev–Trinajstić information content (AvgIpc) is 2.89. The van der Waals surface area contributed by atoms with Crippen LogP contribution in [0.15, 0.2) is 18.2 Å². The Hall–Kier alpha value is -2.06. The summed E-state index contributed by atoms with van der Waals surface area (Å²) < 4.78 is 32.8. The van der Waals surface area contributed by atoms with E-state index in [2.05, 4.69) is 10.6 Å². The molecule has 0 saturated carbocycles. The van der Waals surface area contributed by atoms with Gasteiger partial charge < -0.3 is 20.3 Å². The Morgan fingerprint density at radius 3 is 2.74 bits per heavy atom. The molecule has 2 atom stereocenters. The van der Waals surface area contributed by atoms with Crippen molar-refractivity contribution in [2.75, 3.05) is 31.2 Å². The SMILES string of the molecule is O=C(NC1CCN(c2c(F)cccc2F)C1=O)C1COCCN1. The van der Waals surface area contributed by atoms with E-state index in [1.54, 1.807) is 0 Å². The van der Waals surface area contributed by atoms with Crippen molar-refractivity contribution < 1.29 is 23.1 Å². The standard InChI is InChI=1S/C15H17F2N3O3/c16-9-2-1-3-10(17)13(9)20-6-4-11(15(20)22)19-14(21)12-8-23-7-5-18-12/h1-3,11-12,18H,4-8H2,(H,19,21). The van der Waals surface area contributed by atoms with Crippen molar-refractivity contribution in [2.24, 2.45) is 0 Å². The Kier molecular flexibility index (Phi) is 4.53. The van der Waals surface area contributed by atoms with Crippen LogP contribution in [0.4, 0.5) is 14.5 Å². The monoisotopic (exact) mass is 325 g/mol. The Morgan fingerprint density at radius 2 is 2.09 bits per heavy atom. The highest BCUT2D eigenvalue weighted by atomic mass is 19.1. The maximum absolute atomic E-state index is 13.8. The number of rotatable bonds is 3. The molecule has 1 aromatic carbocycles. The molecule has 2 aliphatic rings. The molecule has 124 valence electrons. The topological polar surface area (TPSA) is 70.7 Å². The molecule has 2 unspecified atom stereocenters. The van der Waals surface area contributed by atoms with Gasteiger partial charge in [0.25, 0.3) is 0 Å². The van der Waals surface area contributed by atoms with Gasteiger partial charge in [-0.1, -0.05) is 6.07 Å². The fraction of sp³-hybridized carbons (Fsp3) is 0.467. The summed E-state index contributed by atoms with van der Waals surface area (Å²) in [5.74, 6) is -2.46. The zero-order valence-corrected chi connectivity index (χ0v) is 12.4. The van der Waals surface area contributed by atoms with E-state index in [4.69, 9.17) is 4.74 Å². The Bertz CT molecular complexity index is 600. The van der Waals surface area contributed by atoms with E-state index < -0.39 is 29.6 Å². The first kappa shape index (κ1) is 15.8. The number of hydrogen-bond acceptors (Lipinski definition) is 4. The van der Waals surface area contributed by atoms with Gasteiger partial charge in [-0.3, -0.25) is 9.59 Å². The first-order valence-electron chi connectivity index (χ1n) is 7.45. The van der Waals surface area contributed by atoms with Gasteiger partial charge in [0.1, 0.15) is 29.4 Å². The van der Waals surface area contributed by atoms with Crippen molar-refractivity contribution in [3.05, 3.63) is 29.8 Å². The number of halogens is 2. The molecule has 6 nitrogen and oxygen atoms in total. The Labute approximate surface area is 131 Å². The molecule has 2 amide bonds. The molecule has 0 bridgehead atoms. The van der Waals surface area contributed by atoms with Gasteiger partial charge in [0.15, 0.2) is 0 Å². The van der Waals surface area contributed by atoms with Crippen LogP contribution in [0.5, 0.6) is 0 Å². The predicted molar refractivity (Wildman–Crippen MR) is 77.9 cm³/mol. The average molecular weight is 325 g/mol. The molecule has 0 spiro atoms. The lowest BCUT2D eigenvalue weighted by Crippen LogP contribution is -2.54. The van der Waals surface area contributed by atoms with Gasteiger partial charge in [0, 0.05) is 13.1 Å². The minimum absolute atomic E-state index is 0.149. The lowest BCUT2D eigenvalue weighted by Gasteiger charge is -2.24. The maximum atomic E-state index is 13.8. The molecule has 8 heteroatoms. The van der Waals surface area contributed by atoms with Crippen LogP contribution in [0, 0.1) is 11.6 Å². The van der Waals surface area contributed by atoms with Gasteiger partial charge >= 0.3 is 0 Å². The highest BCUT2D eigenvalue weighted by Crippen LogP contribution is 2.27. The van der Waals surface area contributed by atoms with Gasteiger partial charge in [-0.2, -0.15) is 0 Å². The number of carbonyl (C=O) groups is 2. The molecule has 2 N–H and O–H groups in total. The summed E-state index contributed by atoms with van der Waals surface area (Å²) in [6.07, 6.45) is 0.298. The molecule has 2 aliphatic heterocycles. The number of amides is 2. The zero-order valence-electron chi connectivity index (χ0n) is 12.4. The van der Waals surface area contributed by atoms with Crippen LogP contribution in [0.25, 0.3) is 0 Å². The number of nitrogens with zero attached hydrogens (tertiary/aromatic N) is 1. The largest absolute Gasteiger partial charge is 0.378 e. The number of anilines is 1. The van der Waals surface area contributed by atoms with Crippen LogP contribution in [-0.4, -0.2) is 50.2 Å². The van der Waals surface area contributed by atoms with Crippen LogP contribution in [0.2, 0.25) is 0 Å². The van der Waals surface area contributed by atoms with E-state index in [9.17, 15) is 18.4 Å². The van der Waals surface area contributed by atoms with E-state index in [-0.39, 0.29) is 24.7 Å². The van der Waals surface area contributed by atoms with Gasteiger partial charge in [0.05, 0.1) is 13.2 Å². The third kappa shape index (κ3) is 3.18. The first-order chi connectivity index (χ1) is 11.1.